The van der Waals surface area contributed by atoms with Gasteiger partial charge in [-0.25, -0.2) is 12.8 Å². The number of carbonyl (C=O) groups excluding carboxylic acids is 1. The highest BCUT2D eigenvalue weighted by Gasteiger charge is 2.49. The summed E-state index contributed by atoms with van der Waals surface area (Å²) in [4.78, 5) is 18.2. The lowest BCUT2D eigenvalue weighted by Gasteiger charge is -2.25. The van der Waals surface area contributed by atoms with Crippen LogP contribution < -0.4 is 4.90 Å². The molecule has 136 valence electrons. The molecule has 1 aromatic carbocycles. The first-order valence-corrected chi connectivity index (χ1v) is 10.8. The third kappa shape index (κ3) is 3.71. The molecule has 0 unspecified atom stereocenters. The lowest BCUT2D eigenvalue weighted by Crippen LogP contribution is -2.38. The summed E-state index contributed by atoms with van der Waals surface area (Å²) in [6, 6.07) is 3.89. The van der Waals surface area contributed by atoms with Crippen molar-refractivity contribution in [2.75, 3.05) is 16.4 Å². The van der Waals surface area contributed by atoms with E-state index in [0.29, 0.717) is 10.9 Å². The third-order valence-electron chi connectivity index (χ3n) is 4.09. The second-order valence-corrected chi connectivity index (χ2v) is 11.0. The van der Waals surface area contributed by atoms with Crippen molar-refractivity contribution in [2.24, 2.45) is 10.4 Å². The first-order chi connectivity index (χ1) is 11.5. The molecule has 2 aliphatic rings. The molecule has 0 radical (unpaired) electrons. The number of fused-ring (bicyclic) bond motifs is 1. The molecule has 5 nitrogen and oxygen atoms in total. The zero-order valence-electron chi connectivity index (χ0n) is 14.0. The van der Waals surface area contributed by atoms with E-state index in [9.17, 15) is 17.6 Å². The topological polar surface area (TPSA) is 66.8 Å². The minimum atomic E-state index is -3.17. The Morgan fingerprint density at radius 1 is 1.36 bits per heavy atom. The van der Waals surface area contributed by atoms with Crippen molar-refractivity contribution in [3.05, 3.63) is 29.0 Å². The standard InChI is InChI=1S/C16H18ClFN2O3S2/c1-16(2,3)14(21)19-15-20(9-4-5-10(17)11(18)6-9)12-7-25(22,23)8-13(12)24-15/h4-6,12-13H,7-8H2,1-3H3/t12-,13+/m0/s1. The molecule has 25 heavy (non-hydrogen) atoms. The maximum Gasteiger partial charge on any atom is 0.253 e. The molecule has 2 aliphatic heterocycles. The number of hydrogen-bond donors (Lipinski definition) is 0. The van der Waals surface area contributed by atoms with Gasteiger partial charge in [-0.15, -0.1) is 0 Å². The highest BCUT2D eigenvalue weighted by Crippen LogP contribution is 2.41. The van der Waals surface area contributed by atoms with E-state index in [1.54, 1.807) is 31.7 Å². The molecular weight excluding hydrogens is 387 g/mol. The van der Waals surface area contributed by atoms with E-state index in [0.717, 1.165) is 0 Å². The van der Waals surface area contributed by atoms with Gasteiger partial charge in [0, 0.05) is 16.4 Å². The van der Waals surface area contributed by atoms with Gasteiger partial charge in [-0.2, -0.15) is 4.99 Å². The predicted molar refractivity (Wildman–Crippen MR) is 99.6 cm³/mol. The van der Waals surface area contributed by atoms with E-state index >= 15 is 0 Å². The van der Waals surface area contributed by atoms with Crippen molar-refractivity contribution >= 4 is 50.0 Å². The number of thioether (sulfide) groups is 1. The monoisotopic (exact) mass is 404 g/mol. The Morgan fingerprint density at radius 3 is 2.64 bits per heavy atom. The predicted octanol–water partition coefficient (Wildman–Crippen LogP) is 3.13. The fourth-order valence-corrected chi connectivity index (χ4v) is 6.79. The first-order valence-electron chi connectivity index (χ1n) is 7.72. The van der Waals surface area contributed by atoms with Crippen molar-refractivity contribution in [1.29, 1.82) is 0 Å². The van der Waals surface area contributed by atoms with Crippen LogP contribution in [-0.4, -0.2) is 42.3 Å². The van der Waals surface area contributed by atoms with E-state index in [-0.39, 0.29) is 33.7 Å². The lowest BCUT2D eigenvalue weighted by molar-refractivity contribution is -0.124. The summed E-state index contributed by atoms with van der Waals surface area (Å²) in [6.07, 6.45) is 0. The Balaban J connectivity index is 2.05. The number of sulfone groups is 1. The van der Waals surface area contributed by atoms with Crippen LogP contribution in [0.15, 0.2) is 23.2 Å². The molecule has 2 heterocycles. The fourth-order valence-electron chi connectivity index (χ4n) is 2.76. The number of halogens is 2. The minimum absolute atomic E-state index is 0.0181. The Morgan fingerprint density at radius 2 is 2.04 bits per heavy atom. The Kier molecular flexibility index (Phi) is 4.66. The number of carbonyl (C=O) groups is 1. The summed E-state index contributed by atoms with van der Waals surface area (Å²) in [6.45, 7) is 5.28. The number of benzene rings is 1. The summed E-state index contributed by atoms with van der Waals surface area (Å²) >= 11 is 7.01. The number of amides is 1. The molecule has 3 rings (SSSR count). The van der Waals surface area contributed by atoms with Gasteiger partial charge in [-0.1, -0.05) is 44.1 Å². The molecule has 1 aromatic rings. The quantitative estimate of drug-likeness (QED) is 0.719. The van der Waals surface area contributed by atoms with Crippen LogP contribution >= 0.6 is 23.4 Å². The van der Waals surface area contributed by atoms with Crippen LogP contribution in [0.2, 0.25) is 5.02 Å². The molecule has 0 N–H and O–H groups in total. The highest BCUT2D eigenvalue weighted by atomic mass is 35.5. The summed E-state index contributed by atoms with van der Waals surface area (Å²) in [5, 5.41) is 0.164. The normalized spacial score (nSPS) is 26.9. The number of nitrogens with zero attached hydrogens (tertiary/aromatic N) is 2. The summed E-state index contributed by atoms with van der Waals surface area (Å²) in [7, 11) is -3.17. The van der Waals surface area contributed by atoms with Crippen LogP contribution in [0.4, 0.5) is 10.1 Å². The largest absolute Gasteiger partial charge is 0.315 e. The van der Waals surface area contributed by atoms with Crippen LogP contribution in [0.3, 0.4) is 0 Å². The van der Waals surface area contributed by atoms with Gasteiger partial charge >= 0.3 is 0 Å². The van der Waals surface area contributed by atoms with E-state index < -0.39 is 21.1 Å². The average molecular weight is 405 g/mol. The smallest absolute Gasteiger partial charge is 0.253 e. The van der Waals surface area contributed by atoms with Crippen LogP contribution in [0.25, 0.3) is 0 Å². The lowest BCUT2D eigenvalue weighted by atomic mass is 9.96. The van der Waals surface area contributed by atoms with Gasteiger partial charge in [0.2, 0.25) is 0 Å². The molecule has 0 spiro atoms. The molecule has 2 fully saturated rings. The van der Waals surface area contributed by atoms with E-state index in [2.05, 4.69) is 4.99 Å². The van der Waals surface area contributed by atoms with E-state index in [1.807, 2.05) is 0 Å². The molecule has 0 bridgehead atoms. The highest BCUT2D eigenvalue weighted by molar-refractivity contribution is 8.16. The van der Waals surface area contributed by atoms with Crippen molar-refractivity contribution in [1.82, 2.24) is 0 Å². The molecule has 2 saturated heterocycles. The molecule has 0 aliphatic carbocycles. The van der Waals surface area contributed by atoms with Crippen LogP contribution in [0.1, 0.15) is 20.8 Å². The van der Waals surface area contributed by atoms with E-state index in [1.165, 1.54) is 23.9 Å². The number of aliphatic imine (C=N–C) groups is 1. The van der Waals surface area contributed by atoms with Gasteiger partial charge < -0.3 is 4.90 Å². The van der Waals surface area contributed by atoms with Crippen molar-refractivity contribution in [2.45, 2.75) is 32.1 Å². The SMILES string of the molecule is CC(C)(C)C(=O)N=C1S[C@@H]2CS(=O)(=O)C[C@@H]2N1c1ccc(Cl)c(F)c1. The summed E-state index contributed by atoms with van der Waals surface area (Å²) in [5.41, 5.74) is -0.215. The van der Waals surface area contributed by atoms with Crippen molar-refractivity contribution < 1.29 is 17.6 Å². The number of hydrogen-bond acceptors (Lipinski definition) is 4. The van der Waals surface area contributed by atoms with Crippen LogP contribution in [0.5, 0.6) is 0 Å². The van der Waals surface area contributed by atoms with Gasteiger partial charge in [0.25, 0.3) is 5.91 Å². The number of rotatable bonds is 1. The number of amidine groups is 1. The van der Waals surface area contributed by atoms with Crippen LogP contribution in [0, 0.1) is 11.2 Å². The molecule has 2 atom stereocenters. The van der Waals surface area contributed by atoms with Gasteiger partial charge in [-0.3, -0.25) is 4.79 Å². The zero-order valence-corrected chi connectivity index (χ0v) is 16.4. The van der Waals surface area contributed by atoms with Gasteiger partial charge in [0.1, 0.15) is 5.82 Å². The van der Waals surface area contributed by atoms with Crippen molar-refractivity contribution in [3.8, 4) is 0 Å². The maximum atomic E-state index is 13.9. The molecule has 0 aromatic heterocycles. The Bertz CT molecular complexity index is 865. The molecule has 1 amide bonds. The van der Waals surface area contributed by atoms with E-state index in [4.69, 9.17) is 11.6 Å². The second kappa shape index (κ2) is 6.25. The Hall–Kier alpha value is -1.12. The van der Waals surface area contributed by atoms with Gasteiger partial charge in [0.15, 0.2) is 15.0 Å². The van der Waals surface area contributed by atoms with Gasteiger partial charge in [0.05, 0.1) is 22.6 Å². The third-order valence-corrected chi connectivity index (χ3v) is 7.60. The Labute approximate surface area is 155 Å². The molecular formula is C16H18ClFN2O3S2. The second-order valence-electron chi connectivity index (χ2n) is 7.22. The minimum Gasteiger partial charge on any atom is -0.315 e. The first kappa shape index (κ1) is 18.7. The van der Waals surface area contributed by atoms with Gasteiger partial charge in [-0.05, 0) is 18.2 Å². The molecule has 9 heteroatoms. The molecule has 0 saturated carbocycles. The maximum absolute atomic E-state index is 13.9. The summed E-state index contributed by atoms with van der Waals surface area (Å²) < 4.78 is 37.9. The van der Waals surface area contributed by atoms with Crippen molar-refractivity contribution in [3.63, 3.8) is 0 Å². The fraction of sp³-hybridized carbons (Fsp3) is 0.500. The average Bonchev–Trinajstić information content (AvgIpc) is 2.92. The zero-order chi connectivity index (χ0) is 18.6. The number of anilines is 1. The van der Waals surface area contributed by atoms with Crippen LogP contribution in [-0.2, 0) is 14.6 Å². The summed E-state index contributed by atoms with van der Waals surface area (Å²) in [5.74, 6) is -0.929.